The van der Waals surface area contributed by atoms with Crippen LogP contribution in [0.15, 0.2) is 28.2 Å². The molecular formula is C12H10ClN5OS. The van der Waals surface area contributed by atoms with Gasteiger partial charge in [0.15, 0.2) is 0 Å². The van der Waals surface area contributed by atoms with E-state index in [4.69, 9.17) is 22.4 Å². The Morgan fingerprint density at radius 2 is 2.45 bits per heavy atom. The van der Waals surface area contributed by atoms with E-state index in [0.29, 0.717) is 30.2 Å². The molecule has 1 aromatic carbocycles. The topological polar surface area (TPSA) is 92.9 Å². The van der Waals surface area contributed by atoms with Crippen molar-refractivity contribution >= 4 is 35.0 Å². The summed E-state index contributed by atoms with van der Waals surface area (Å²) in [4.78, 5) is 17.0. The molecule has 1 saturated heterocycles. The van der Waals surface area contributed by atoms with E-state index in [2.05, 4.69) is 10.0 Å². The van der Waals surface area contributed by atoms with Crippen LogP contribution in [0.3, 0.4) is 0 Å². The summed E-state index contributed by atoms with van der Waals surface area (Å²) in [5.74, 6) is -0.0200. The minimum atomic E-state index is -0.0364. The number of carbonyl (C=O) groups excluding carboxylic acids is 1. The molecule has 102 valence electrons. The first-order valence-electron chi connectivity index (χ1n) is 5.82. The van der Waals surface area contributed by atoms with Crippen molar-refractivity contribution in [2.45, 2.75) is 11.3 Å². The van der Waals surface area contributed by atoms with Crippen LogP contribution in [0.4, 0.5) is 5.69 Å². The zero-order valence-electron chi connectivity index (χ0n) is 10.4. The smallest absolute Gasteiger partial charge is 0.227 e. The lowest BCUT2D eigenvalue weighted by atomic mass is 10.1. The second kappa shape index (κ2) is 6.53. The highest BCUT2D eigenvalue weighted by atomic mass is 35.5. The average Bonchev–Trinajstić information content (AvgIpc) is 2.78. The third-order valence-corrected chi connectivity index (χ3v) is 3.87. The number of benzene rings is 1. The van der Waals surface area contributed by atoms with Gasteiger partial charge in [-0.3, -0.25) is 4.79 Å². The molecule has 0 bridgehead atoms. The number of hydrogen-bond donors (Lipinski definition) is 0. The molecule has 1 atom stereocenters. The first kappa shape index (κ1) is 14.5. The average molecular weight is 308 g/mol. The molecular weight excluding hydrogens is 298 g/mol. The predicted molar refractivity (Wildman–Crippen MR) is 77.4 cm³/mol. The number of anilines is 1. The van der Waals surface area contributed by atoms with Crippen LogP contribution in [0.5, 0.6) is 0 Å². The van der Waals surface area contributed by atoms with Gasteiger partial charge in [0, 0.05) is 29.3 Å². The predicted octanol–water partition coefficient (Wildman–Crippen LogP) is 3.58. The van der Waals surface area contributed by atoms with Crippen LogP contribution in [0.25, 0.3) is 10.4 Å². The molecule has 0 saturated carbocycles. The highest BCUT2D eigenvalue weighted by molar-refractivity contribution is 8.03. The number of amides is 1. The van der Waals surface area contributed by atoms with Gasteiger partial charge in [-0.2, -0.15) is 5.26 Å². The van der Waals surface area contributed by atoms with Gasteiger partial charge in [-0.05, 0) is 41.4 Å². The molecule has 0 aromatic heterocycles. The van der Waals surface area contributed by atoms with Gasteiger partial charge < -0.3 is 4.90 Å². The van der Waals surface area contributed by atoms with Crippen molar-refractivity contribution in [3.05, 3.63) is 33.7 Å². The Labute approximate surface area is 124 Å². The zero-order valence-corrected chi connectivity index (χ0v) is 11.9. The lowest BCUT2D eigenvalue weighted by Crippen LogP contribution is -2.25. The number of carbonyl (C=O) groups is 1. The molecule has 0 radical (unpaired) electrons. The number of thioether (sulfide) groups is 1. The summed E-state index contributed by atoms with van der Waals surface area (Å²) in [7, 11) is 0. The van der Waals surface area contributed by atoms with Crippen LogP contribution >= 0.6 is 23.4 Å². The maximum Gasteiger partial charge on any atom is 0.227 e. The Morgan fingerprint density at radius 1 is 1.65 bits per heavy atom. The molecule has 0 aliphatic carbocycles. The Balaban J connectivity index is 2.18. The number of thiocyanates is 1. The van der Waals surface area contributed by atoms with Crippen molar-refractivity contribution in [3.8, 4) is 5.40 Å². The number of hydrogen-bond acceptors (Lipinski definition) is 4. The maximum absolute atomic E-state index is 12.0. The van der Waals surface area contributed by atoms with Crippen LogP contribution in [0.2, 0.25) is 5.02 Å². The van der Waals surface area contributed by atoms with Gasteiger partial charge in [0.25, 0.3) is 0 Å². The molecule has 2 rings (SSSR count). The first-order chi connectivity index (χ1) is 9.65. The lowest BCUT2D eigenvalue weighted by molar-refractivity contribution is -0.117. The summed E-state index contributed by atoms with van der Waals surface area (Å²) in [6.45, 7) is 0.793. The van der Waals surface area contributed by atoms with E-state index in [-0.39, 0.29) is 11.8 Å². The third-order valence-electron chi connectivity index (χ3n) is 2.98. The van der Waals surface area contributed by atoms with E-state index < -0.39 is 0 Å². The van der Waals surface area contributed by atoms with Crippen LogP contribution in [-0.4, -0.2) is 19.0 Å². The molecule has 6 nitrogen and oxygen atoms in total. The van der Waals surface area contributed by atoms with E-state index in [1.165, 1.54) is 0 Å². The van der Waals surface area contributed by atoms with Crippen LogP contribution < -0.4 is 4.90 Å². The molecule has 0 spiro atoms. The Morgan fingerprint density at radius 3 is 3.10 bits per heavy atom. The summed E-state index contributed by atoms with van der Waals surface area (Å²) in [5.41, 5.74) is 8.94. The van der Waals surface area contributed by atoms with Gasteiger partial charge in [-0.15, -0.1) is 0 Å². The van der Waals surface area contributed by atoms with Gasteiger partial charge >= 0.3 is 0 Å². The fourth-order valence-electron chi connectivity index (χ4n) is 2.11. The second-order valence-corrected chi connectivity index (χ2v) is 5.56. The largest absolute Gasteiger partial charge is 0.311 e. The summed E-state index contributed by atoms with van der Waals surface area (Å²) >= 11 is 7.18. The lowest BCUT2D eigenvalue weighted by Gasteiger charge is -2.18. The zero-order chi connectivity index (χ0) is 14.5. The standard InChI is InChI=1S/C12H10ClN5OS/c13-10-4-9(20-7-14)1-2-11(10)18-6-8(3-12(18)19)5-16-17-15/h1-2,4,8H,3,5-6H2. The number of azide groups is 1. The van der Waals surface area contributed by atoms with E-state index in [9.17, 15) is 4.79 Å². The minimum Gasteiger partial charge on any atom is -0.311 e. The molecule has 1 unspecified atom stereocenters. The van der Waals surface area contributed by atoms with E-state index in [0.717, 1.165) is 16.7 Å². The number of nitrogens with zero attached hydrogens (tertiary/aromatic N) is 5. The van der Waals surface area contributed by atoms with Gasteiger partial charge in [0.05, 0.1) is 10.7 Å². The summed E-state index contributed by atoms with van der Waals surface area (Å²) in [5, 5.41) is 14.5. The van der Waals surface area contributed by atoms with Crippen molar-refractivity contribution < 1.29 is 4.79 Å². The molecule has 8 heteroatoms. The Hall–Kier alpha value is -1.87. The summed E-state index contributed by atoms with van der Waals surface area (Å²) in [6, 6.07) is 5.15. The fourth-order valence-corrected chi connectivity index (χ4v) is 2.88. The van der Waals surface area contributed by atoms with Gasteiger partial charge in [0.1, 0.15) is 5.40 Å². The van der Waals surface area contributed by atoms with Gasteiger partial charge in [-0.1, -0.05) is 16.7 Å². The summed E-state index contributed by atoms with van der Waals surface area (Å²) < 4.78 is 0. The van der Waals surface area contributed by atoms with E-state index >= 15 is 0 Å². The highest BCUT2D eigenvalue weighted by Gasteiger charge is 2.31. The van der Waals surface area contributed by atoms with Crippen LogP contribution in [-0.2, 0) is 4.79 Å². The molecule has 1 aliphatic rings. The minimum absolute atomic E-state index is 0.0163. The monoisotopic (exact) mass is 307 g/mol. The van der Waals surface area contributed by atoms with Crippen LogP contribution in [0.1, 0.15) is 6.42 Å². The SMILES string of the molecule is N#CSc1ccc(N2CC(CN=[N+]=[N-])CC2=O)c(Cl)c1. The molecule has 1 fully saturated rings. The van der Waals surface area contributed by atoms with E-state index in [1.54, 1.807) is 23.1 Å². The van der Waals surface area contributed by atoms with Crippen molar-refractivity contribution in [1.82, 2.24) is 0 Å². The van der Waals surface area contributed by atoms with E-state index in [1.807, 2.05) is 5.40 Å². The van der Waals surface area contributed by atoms with Gasteiger partial charge in [-0.25, -0.2) is 0 Å². The quantitative estimate of drug-likeness (QED) is 0.280. The highest BCUT2D eigenvalue weighted by Crippen LogP contribution is 2.34. The Kier molecular flexibility index (Phi) is 4.74. The third kappa shape index (κ3) is 3.17. The van der Waals surface area contributed by atoms with Crippen molar-refractivity contribution in [2.24, 2.45) is 11.0 Å². The van der Waals surface area contributed by atoms with Crippen molar-refractivity contribution in [3.63, 3.8) is 0 Å². The Bertz CT molecular complexity index is 623. The normalized spacial score (nSPS) is 17.7. The number of nitriles is 1. The van der Waals surface area contributed by atoms with Crippen molar-refractivity contribution in [2.75, 3.05) is 18.0 Å². The molecule has 1 heterocycles. The van der Waals surface area contributed by atoms with Gasteiger partial charge in [0.2, 0.25) is 5.91 Å². The second-order valence-electron chi connectivity index (χ2n) is 4.29. The first-order valence-corrected chi connectivity index (χ1v) is 7.02. The summed E-state index contributed by atoms with van der Waals surface area (Å²) in [6.07, 6.45) is 0.351. The molecule has 20 heavy (non-hydrogen) atoms. The molecule has 1 aromatic rings. The number of rotatable bonds is 4. The maximum atomic E-state index is 12.0. The molecule has 0 N–H and O–H groups in total. The fraction of sp³-hybridized carbons (Fsp3) is 0.333. The molecule has 1 amide bonds. The number of halogens is 1. The van der Waals surface area contributed by atoms with Crippen molar-refractivity contribution in [1.29, 1.82) is 5.26 Å². The molecule has 1 aliphatic heterocycles. The van der Waals surface area contributed by atoms with Crippen LogP contribution in [0, 0.1) is 16.6 Å².